The van der Waals surface area contributed by atoms with Gasteiger partial charge in [0, 0.05) is 0 Å². The Bertz CT molecular complexity index is 352. The summed E-state index contributed by atoms with van der Waals surface area (Å²) in [6, 6.07) is 0. The third-order valence-electron chi connectivity index (χ3n) is 1.32. The lowest BCUT2D eigenvalue weighted by molar-refractivity contribution is 0.863. The lowest BCUT2D eigenvalue weighted by Crippen LogP contribution is -1.91. The van der Waals surface area contributed by atoms with Crippen molar-refractivity contribution in [3.05, 3.63) is 12.0 Å². The molecule has 0 bridgehead atoms. The third-order valence-corrected chi connectivity index (χ3v) is 1.32. The Morgan fingerprint density at radius 1 is 1.40 bits per heavy atom. The fraction of sp³-hybridized carbons (Fsp3) is 0.200. The molecule has 2 aromatic rings. The van der Waals surface area contributed by atoms with Crippen LogP contribution in [0.2, 0.25) is 0 Å². The lowest BCUT2D eigenvalue weighted by Gasteiger charge is -1.87. The van der Waals surface area contributed by atoms with Gasteiger partial charge in [-0.3, -0.25) is 0 Å². The summed E-state index contributed by atoms with van der Waals surface area (Å²) in [6.45, 7) is 1.86. The molecule has 0 saturated heterocycles. The Hall–Kier alpha value is -1.52. The summed E-state index contributed by atoms with van der Waals surface area (Å²) < 4.78 is 0. The van der Waals surface area contributed by atoms with E-state index in [9.17, 15) is 0 Å². The minimum absolute atomic E-state index is 0.618. The van der Waals surface area contributed by atoms with Crippen LogP contribution in [-0.2, 0) is 0 Å². The molecule has 10 heavy (non-hydrogen) atoms. The quantitative estimate of drug-likeness (QED) is 0.554. The molecule has 0 aliphatic carbocycles. The van der Waals surface area contributed by atoms with Crippen LogP contribution in [0.15, 0.2) is 6.33 Å². The molecule has 0 aliphatic heterocycles. The number of fused-ring (bicyclic) bond motifs is 1. The van der Waals surface area contributed by atoms with Crippen molar-refractivity contribution in [2.75, 3.05) is 0 Å². The highest BCUT2D eigenvalue weighted by Crippen LogP contribution is 2.04. The van der Waals surface area contributed by atoms with E-state index in [1.54, 1.807) is 6.33 Å². The molecule has 0 aliphatic rings. The van der Waals surface area contributed by atoms with Crippen LogP contribution in [0.25, 0.3) is 11.2 Å². The van der Waals surface area contributed by atoms with Crippen LogP contribution in [0, 0.1) is 6.92 Å². The van der Waals surface area contributed by atoms with Crippen molar-refractivity contribution >= 4 is 11.2 Å². The van der Waals surface area contributed by atoms with Gasteiger partial charge < -0.3 is 4.98 Å². The summed E-state index contributed by atoms with van der Waals surface area (Å²) in [6.07, 6.45) is 1.58. The molecule has 1 N–H and O–H groups in total. The normalized spacial score (nSPS) is 10.5. The highest BCUT2D eigenvalue weighted by atomic mass is 15.3. The summed E-state index contributed by atoms with van der Waals surface area (Å²) in [7, 11) is 0. The number of H-pyrrole nitrogens is 1. The Balaban J connectivity index is 2.95. The van der Waals surface area contributed by atoms with Crippen molar-refractivity contribution in [2.24, 2.45) is 0 Å². The molecule has 2 heterocycles. The Kier molecular flexibility index (Phi) is 0.913. The van der Waals surface area contributed by atoms with Crippen LogP contribution in [-0.4, -0.2) is 25.4 Å². The van der Waals surface area contributed by atoms with Gasteiger partial charge in [-0.25, -0.2) is 4.98 Å². The van der Waals surface area contributed by atoms with Gasteiger partial charge in [-0.05, 0) is 12.1 Å². The average Bonchev–Trinajstić information content (AvgIpc) is 2.36. The molecule has 0 unspecified atom stereocenters. The number of aromatic nitrogens is 5. The van der Waals surface area contributed by atoms with Crippen LogP contribution in [0.5, 0.6) is 0 Å². The largest absolute Gasteiger partial charge is 0.342 e. The van der Waals surface area contributed by atoms with Crippen LogP contribution >= 0.6 is 0 Å². The zero-order valence-corrected chi connectivity index (χ0v) is 5.37. The van der Waals surface area contributed by atoms with E-state index in [-0.39, 0.29) is 0 Å². The summed E-state index contributed by atoms with van der Waals surface area (Å²) in [5.41, 5.74) is 2.30. The van der Waals surface area contributed by atoms with Gasteiger partial charge in [-0.1, -0.05) is 0 Å². The van der Waals surface area contributed by atoms with E-state index in [0.717, 1.165) is 11.2 Å². The molecule has 0 amide bonds. The first-order valence-electron chi connectivity index (χ1n) is 2.87. The number of imidazole rings is 1. The molecule has 0 aromatic carbocycles. The second kappa shape index (κ2) is 1.73. The maximum Gasteiger partial charge on any atom is 0.203 e. The van der Waals surface area contributed by atoms with Crippen molar-refractivity contribution in [1.82, 2.24) is 25.4 Å². The van der Waals surface area contributed by atoms with Crippen molar-refractivity contribution in [3.8, 4) is 0 Å². The van der Waals surface area contributed by atoms with Crippen LogP contribution in [0.4, 0.5) is 0 Å². The van der Waals surface area contributed by atoms with Gasteiger partial charge >= 0.3 is 0 Å². The zero-order valence-electron chi connectivity index (χ0n) is 5.37. The molecule has 2 aromatic heterocycles. The van der Waals surface area contributed by atoms with Gasteiger partial charge in [-0.2, -0.15) is 0 Å². The van der Waals surface area contributed by atoms with Crippen molar-refractivity contribution in [2.45, 2.75) is 6.92 Å². The first-order valence-corrected chi connectivity index (χ1v) is 2.87. The standard InChI is InChI=1S/C5H5N5/c1-3-4-5(7-2-6-4)9-10-8-3/h2H,1H3,(H,6,7,8,9). The molecule has 0 saturated carbocycles. The van der Waals surface area contributed by atoms with E-state index in [1.807, 2.05) is 6.92 Å². The Morgan fingerprint density at radius 3 is 3.10 bits per heavy atom. The predicted molar refractivity (Wildman–Crippen MR) is 34.2 cm³/mol. The molecule has 50 valence electrons. The molecule has 0 fully saturated rings. The first-order chi connectivity index (χ1) is 4.88. The lowest BCUT2D eigenvalue weighted by atomic mass is 10.4. The molecule has 0 atom stereocenters. The minimum atomic E-state index is 0.618. The Labute approximate surface area is 56.5 Å². The fourth-order valence-electron chi connectivity index (χ4n) is 0.811. The molecule has 0 spiro atoms. The van der Waals surface area contributed by atoms with Gasteiger partial charge in [0.1, 0.15) is 5.52 Å². The Morgan fingerprint density at radius 2 is 2.30 bits per heavy atom. The van der Waals surface area contributed by atoms with Gasteiger partial charge in [0.25, 0.3) is 0 Å². The molecule has 0 radical (unpaired) electrons. The van der Waals surface area contributed by atoms with Crippen molar-refractivity contribution < 1.29 is 0 Å². The SMILES string of the molecule is Cc1nnnc2nc[nH]c12. The molecule has 2 rings (SSSR count). The predicted octanol–water partition coefficient (Wildman–Crippen LogP) is 0.0563. The third kappa shape index (κ3) is 0.570. The number of nitrogens with one attached hydrogen (secondary N) is 1. The molecule has 5 heteroatoms. The molecular weight excluding hydrogens is 130 g/mol. The molecular formula is C5H5N5. The van der Waals surface area contributed by atoms with E-state index >= 15 is 0 Å². The number of aryl methyl sites for hydroxylation is 1. The number of rotatable bonds is 0. The van der Waals surface area contributed by atoms with E-state index in [1.165, 1.54) is 0 Å². The maximum atomic E-state index is 3.91. The van der Waals surface area contributed by atoms with E-state index in [0.29, 0.717) is 5.65 Å². The average molecular weight is 135 g/mol. The van der Waals surface area contributed by atoms with Crippen molar-refractivity contribution in [1.29, 1.82) is 0 Å². The van der Waals surface area contributed by atoms with Gasteiger partial charge in [0.05, 0.1) is 12.0 Å². The van der Waals surface area contributed by atoms with Gasteiger partial charge in [-0.15, -0.1) is 10.2 Å². The highest BCUT2D eigenvalue weighted by Gasteiger charge is 1.99. The number of hydrogen-bond donors (Lipinski definition) is 1. The zero-order chi connectivity index (χ0) is 6.97. The summed E-state index contributed by atoms with van der Waals surface area (Å²) in [4.78, 5) is 6.82. The topological polar surface area (TPSA) is 67.3 Å². The monoisotopic (exact) mass is 135 g/mol. The summed E-state index contributed by atoms with van der Waals surface area (Å²) in [5, 5.41) is 10.9. The number of nitrogens with zero attached hydrogens (tertiary/aromatic N) is 4. The molecule has 5 nitrogen and oxygen atoms in total. The second-order valence-electron chi connectivity index (χ2n) is 1.98. The summed E-state index contributed by atoms with van der Waals surface area (Å²) >= 11 is 0. The minimum Gasteiger partial charge on any atom is -0.342 e. The number of hydrogen-bond acceptors (Lipinski definition) is 4. The van der Waals surface area contributed by atoms with Crippen LogP contribution in [0.1, 0.15) is 5.69 Å². The fourth-order valence-corrected chi connectivity index (χ4v) is 0.811. The smallest absolute Gasteiger partial charge is 0.203 e. The first kappa shape index (κ1) is 5.28. The van der Waals surface area contributed by atoms with E-state index < -0.39 is 0 Å². The van der Waals surface area contributed by atoms with Crippen LogP contribution in [0.3, 0.4) is 0 Å². The van der Waals surface area contributed by atoms with E-state index in [4.69, 9.17) is 0 Å². The second-order valence-corrected chi connectivity index (χ2v) is 1.98. The van der Waals surface area contributed by atoms with Gasteiger partial charge in [0.2, 0.25) is 5.65 Å². The van der Waals surface area contributed by atoms with Gasteiger partial charge in [0.15, 0.2) is 0 Å². The van der Waals surface area contributed by atoms with Crippen molar-refractivity contribution in [3.63, 3.8) is 0 Å². The highest BCUT2D eigenvalue weighted by molar-refractivity contribution is 5.70. The van der Waals surface area contributed by atoms with Crippen LogP contribution < -0.4 is 0 Å². The van der Waals surface area contributed by atoms with E-state index in [2.05, 4.69) is 25.4 Å². The number of aromatic amines is 1. The summed E-state index contributed by atoms with van der Waals surface area (Å²) in [5.74, 6) is 0. The maximum absolute atomic E-state index is 3.91.